The molecule has 1 aromatic heterocycles. The minimum absolute atomic E-state index is 0.0208. The van der Waals surface area contributed by atoms with Crippen molar-refractivity contribution in [2.45, 2.75) is 20.4 Å². The minimum atomic E-state index is -1.24. The number of hydrogen-bond acceptors (Lipinski definition) is 9. The first-order valence-corrected chi connectivity index (χ1v) is 14.0. The molecule has 240 valence electrons. The second kappa shape index (κ2) is 16.8. The predicted octanol–water partition coefficient (Wildman–Crippen LogP) is 2.68. The molecule has 3 amide bonds. The van der Waals surface area contributed by atoms with Gasteiger partial charge in [0.25, 0.3) is 17.7 Å². The van der Waals surface area contributed by atoms with Gasteiger partial charge >= 0.3 is 11.9 Å². The van der Waals surface area contributed by atoms with E-state index in [9.17, 15) is 32.8 Å². The number of ether oxygens (including phenoxy) is 2. The van der Waals surface area contributed by atoms with Gasteiger partial charge in [-0.3, -0.25) is 34.0 Å². The number of hydrogen-bond donors (Lipinski definition) is 4. The van der Waals surface area contributed by atoms with E-state index in [1.807, 2.05) is 4.90 Å². The maximum Gasteiger partial charge on any atom is 0.302 e. The quantitative estimate of drug-likeness (QED) is 0.143. The normalized spacial score (nSPS) is 10.7. The van der Waals surface area contributed by atoms with Crippen LogP contribution in [-0.4, -0.2) is 84.2 Å². The molecule has 0 bridgehead atoms. The molecule has 0 aliphatic carbocycles. The SMILES string of the molecule is CC(=O)OCCN(CCNC(=O)c1ccc(CNC(=O)c2cc(NC(=O)c3cc(F)c(F)cc3Cl)n[nH]2)cc1)CCOC(C)=O. The van der Waals surface area contributed by atoms with Crippen molar-refractivity contribution in [2.75, 3.05) is 44.7 Å². The topological polar surface area (TPSA) is 172 Å². The van der Waals surface area contributed by atoms with Gasteiger partial charge in [0.05, 0.1) is 10.6 Å². The molecule has 16 heteroatoms. The fourth-order valence-corrected chi connectivity index (χ4v) is 4.07. The fourth-order valence-electron chi connectivity index (χ4n) is 3.84. The number of aromatic amines is 1. The highest BCUT2D eigenvalue weighted by molar-refractivity contribution is 6.34. The first-order valence-electron chi connectivity index (χ1n) is 13.6. The summed E-state index contributed by atoms with van der Waals surface area (Å²) in [5, 5.41) is 13.8. The van der Waals surface area contributed by atoms with E-state index in [1.165, 1.54) is 19.9 Å². The van der Waals surface area contributed by atoms with Crippen LogP contribution in [0.15, 0.2) is 42.5 Å². The van der Waals surface area contributed by atoms with Crippen molar-refractivity contribution in [1.82, 2.24) is 25.7 Å². The maximum absolute atomic E-state index is 13.5. The number of anilines is 1. The zero-order valence-corrected chi connectivity index (χ0v) is 25.1. The highest BCUT2D eigenvalue weighted by atomic mass is 35.5. The lowest BCUT2D eigenvalue weighted by molar-refractivity contribution is -0.141. The number of benzene rings is 2. The van der Waals surface area contributed by atoms with Crippen molar-refractivity contribution in [1.29, 1.82) is 0 Å². The van der Waals surface area contributed by atoms with Crippen molar-refractivity contribution in [2.24, 2.45) is 0 Å². The van der Waals surface area contributed by atoms with Crippen molar-refractivity contribution in [3.8, 4) is 0 Å². The van der Waals surface area contributed by atoms with E-state index in [-0.39, 0.29) is 54.3 Å². The summed E-state index contributed by atoms with van der Waals surface area (Å²) in [5.74, 6) is -5.00. The maximum atomic E-state index is 13.5. The smallest absolute Gasteiger partial charge is 0.302 e. The van der Waals surface area contributed by atoms with Crippen LogP contribution in [0.4, 0.5) is 14.6 Å². The molecule has 3 rings (SSSR count). The Balaban J connectivity index is 1.45. The van der Waals surface area contributed by atoms with E-state index >= 15 is 0 Å². The van der Waals surface area contributed by atoms with Gasteiger partial charge in [0.2, 0.25) is 0 Å². The Bertz CT molecular complexity index is 1510. The molecule has 0 aliphatic heterocycles. The summed E-state index contributed by atoms with van der Waals surface area (Å²) in [4.78, 5) is 61.4. The van der Waals surface area contributed by atoms with E-state index < -0.39 is 35.4 Å². The third-order valence-electron chi connectivity index (χ3n) is 6.13. The van der Waals surface area contributed by atoms with Gasteiger partial charge in [-0.25, -0.2) is 8.78 Å². The molecular formula is C29H31ClF2N6O7. The summed E-state index contributed by atoms with van der Waals surface area (Å²) < 4.78 is 36.7. The van der Waals surface area contributed by atoms with Crippen LogP contribution in [0.25, 0.3) is 0 Å². The van der Waals surface area contributed by atoms with Crippen LogP contribution in [-0.2, 0) is 25.6 Å². The number of amides is 3. The molecule has 4 N–H and O–H groups in total. The second-order valence-electron chi connectivity index (χ2n) is 9.52. The molecule has 0 spiro atoms. The largest absolute Gasteiger partial charge is 0.465 e. The highest BCUT2D eigenvalue weighted by Gasteiger charge is 2.18. The Hall–Kier alpha value is -4.89. The lowest BCUT2D eigenvalue weighted by Crippen LogP contribution is -2.38. The number of esters is 2. The summed E-state index contributed by atoms with van der Waals surface area (Å²) in [6, 6.07) is 9.13. The van der Waals surface area contributed by atoms with Crippen LogP contribution in [0.5, 0.6) is 0 Å². The highest BCUT2D eigenvalue weighted by Crippen LogP contribution is 2.21. The van der Waals surface area contributed by atoms with Gasteiger partial charge in [-0.2, -0.15) is 5.10 Å². The van der Waals surface area contributed by atoms with Crippen molar-refractivity contribution >= 4 is 47.1 Å². The van der Waals surface area contributed by atoms with Gasteiger partial charge < -0.3 is 25.4 Å². The molecule has 0 radical (unpaired) electrons. The number of aromatic nitrogens is 2. The lowest BCUT2D eigenvalue weighted by atomic mass is 10.1. The van der Waals surface area contributed by atoms with Gasteiger partial charge in [-0.15, -0.1) is 0 Å². The third-order valence-corrected chi connectivity index (χ3v) is 6.44. The van der Waals surface area contributed by atoms with Crippen LogP contribution in [0.3, 0.4) is 0 Å². The van der Waals surface area contributed by atoms with Crippen molar-refractivity contribution < 1.29 is 42.2 Å². The van der Waals surface area contributed by atoms with E-state index in [4.69, 9.17) is 21.1 Å². The van der Waals surface area contributed by atoms with Crippen LogP contribution in [0.1, 0.15) is 50.6 Å². The number of carbonyl (C=O) groups is 5. The molecule has 2 aromatic carbocycles. The van der Waals surface area contributed by atoms with Crippen molar-refractivity contribution in [3.05, 3.63) is 81.5 Å². The zero-order chi connectivity index (χ0) is 32.9. The number of carbonyl (C=O) groups excluding carboxylic acids is 5. The summed E-state index contributed by atoms with van der Waals surface area (Å²) in [7, 11) is 0. The van der Waals surface area contributed by atoms with Gasteiger partial charge in [-0.1, -0.05) is 23.7 Å². The number of nitrogens with one attached hydrogen (secondary N) is 4. The Morgan fingerprint density at radius 2 is 1.47 bits per heavy atom. The van der Waals surface area contributed by atoms with Crippen LogP contribution < -0.4 is 16.0 Å². The van der Waals surface area contributed by atoms with Gasteiger partial charge in [-0.05, 0) is 29.8 Å². The molecule has 0 saturated heterocycles. The number of nitrogens with zero attached hydrogens (tertiary/aromatic N) is 2. The summed E-state index contributed by atoms with van der Waals surface area (Å²) in [6.07, 6.45) is 0. The summed E-state index contributed by atoms with van der Waals surface area (Å²) >= 11 is 5.82. The van der Waals surface area contributed by atoms with E-state index in [0.717, 1.165) is 0 Å². The molecule has 0 fully saturated rings. The standard InChI is InChI=1S/C29H31ClF2N6O7/c1-17(39)44-11-9-38(10-12-45-18(2)40)8-7-33-27(41)20-5-3-19(4-6-20)16-34-29(43)25-15-26(37-36-25)35-28(42)21-13-23(31)24(32)14-22(21)30/h3-6,13-15H,7-12,16H2,1-2H3,(H,33,41)(H,34,43)(H2,35,36,37,42). The van der Waals surface area contributed by atoms with Crippen LogP contribution in [0, 0.1) is 11.6 Å². The Morgan fingerprint density at radius 1 is 0.844 bits per heavy atom. The monoisotopic (exact) mass is 648 g/mol. The molecular weight excluding hydrogens is 618 g/mol. The predicted molar refractivity (Wildman–Crippen MR) is 158 cm³/mol. The van der Waals surface area contributed by atoms with Crippen LogP contribution >= 0.6 is 11.6 Å². The van der Waals surface area contributed by atoms with Crippen LogP contribution in [0.2, 0.25) is 5.02 Å². The van der Waals surface area contributed by atoms with E-state index in [1.54, 1.807) is 24.3 Å². The second-order valence-corrected chi connectivity index (χ2v) is 9.93. The molecule has 13 nitrogen and oxygen atoms in total. The molecule has 0 atom stereocenters. The lowest BCUT2D eigenvalue weighted by Gasteiger charge is -2.22. The van der Waals surface area contributed by atoms with Crippen molar-refractivity contribution in [3.63, 3.8) is 0 Å². The minimum Gasteiger partial charge on any atom is -0.465 e. The Labute approximate surface area is 261 Å². The molecule has 45 heavy (non-hydrogen) atoms. The summed E-state index contributed by atoms with van der Waals surface area (Å²) in [5.41, 5.74) is 0.804. The number of halogens is 3. The number of H-pyrrole nitrogens is 1. The first kappa shape index (κ1) is 34.6. The molecule has 3 aromatic rings. The van der Waals surface area contributed by atoms with Gasteiger partial charge in [0.15, 0.2) is 17.5 Å². The first-order chi connectivity index (χ1) is 21.4. The average molecular weight is 649 g/mol. The fraction of sp³-hybridized carbons (Fsp3) is 0.310. The van der Waals surface area contributed by atoms with E-state index in [0.29, 0.717) is 42.9 Å². The van der Waals surface area contributed by atoms with Gasteiger partial charge in [0, 0.05) is 58.2 Å². The summed E-state index contributed by atoms with van der Waals surface area (Å²) in [6.45, 7) is 4.57. The zero-order valence-electron chi connectivity index (χ0n) is 24.4. The third kappa shape index (κ3) is 11.3. The average Bonchev–Trinajstić information content (AvgIpc) is 3.45. The van der Waals surface area contributed by atoms with E-state index in [2.05, 4.69) is 26.1 Å². The number of rotatable bonds is 15. The Morgan fingerprint density at radius 3 is 2.09 bits per heavy atom. The van der Waals surface area contributed by atoms with Gasteiger partial charge in [0.1, 0.15) is 18.9 Å². The molecule has 0 saturated carbocycles. The molecule has 1 heterocycles. The molecule has 0 aliphatic rings. The Kier molecular flexibility index (Phi) is 12.9. The molecule has 0 unspecified atom stereocenters.